The van der Waals surface area contributed by atoms with Gasteiger partial charge in [0.2, 0.25) is 0 Å². The molecule has 19 heavy (non-hydrogen) atoms. The molecule has 2 rings (SSSR count). The summed E-state index contributed by atoms with van der Waals surface area (Å²) in [5, 5.41) is 0.575. The number of benzene rings is 1. The quantitative estimate of drug-likeness (QED) is 0.844. The van der Waals surface area contributed by atoms with Gasteiger partial charge in [0.15, 0.2) is 0 Å². The number of halogens is 1. The molecule has 0 aliphatic rings. The zero-order valence-corrected chi connectivity index (χ0v) is 11.8. The molecule has 1 amide bonds. The second-order valence-corrected chi connectivity index (χ2v) is 4.56. The van der Waals surface area contributed by atoms with E-state index < -0.39 is 0 Å². The first-order chi connectivity index (χ1) is 9.17. The first kappa shape index (κ1) is 13.7. The average Bonchev–Trinajstić information content (AvgIpc) is 2.94. The molecule has 0 N–H and O–H groups in total. The van der Waals surface area contributed by atoms with Gasteiger partial charge in [-0.2, -0.15) is 0 Å². The molecule has 1 heterocycles. The van der Waals surface area contributed by atoms with Gasteiger partial charge in [-0.25, -0.2) is 0 Å². The molecule has 0 radical (unpaired) electrons. The van der Waals surface area contributed by atoms with Gasteiger partial charge in [-0.15, -0.1) is 0 Å². The van der Waals surface area contributed by atoms with Crippen LogP contribution in [0.1, 0.15) is 24.2 Å². The second kappa shape index (κ2) is 5.93. The van der Waals surface area contributed by atoms with Gasteiger partial charge in [-0.1, -0.05) is 11.6 Å². The molecule has 0 saturated carbocycles. The Labute approximate surface area is 117 Å². The molecule has 1 aromatic carbocycles. The number of nitrogens with zero attached hydrogens (tertiary/aromatic N) is 1. The Kier molecular flexibility index (Phi) is 4.27. The Morgan fingerprint density at radius 2 is 2.00 bits per heavy atom. The van der Waals surface area contributed by atoms with Gasteiger partial charge in [0.1, 0.15) is 5.76 Å². The van der Waals surface area contributed by atoms with Gasteiger partial charge in [0, 0.05) is 24.2 Å². The Hall–Kier alpha value is -1.74. The van der Waals surface area contributed by atoms with Crippen molar-refractivity contribution in [1.82, 2.24) is 4.90 Å². The van der Waals surface area contributed by atoms with Crippen LogP contribution in [0.4, 0.5) is 0 Å². The van der Waals surface area contributed by atoms with Crippen LogP contribution in [0.3, 0.4) is 0 Å². The topological polar surface area (TPSA) is 33.5 Å². The Morgan fingerprint density at radius 1 is 1.26 bits per heavy atom. The highest BCUT2D eigenvalue weighted by Gasteiger charge is 2.15. The van der Waals surface area contributed by atoms with E-state index in [0.717, 1.165) is 5.56 Å². The first-order valence-electron chi connectivity index (χ1n) is 6.30. The lowest BCUT2D eigenvalue weighted by Crippen LogP contribution is -2.30. The lowest BCUT2D eigenvalue weighted by atomic mass is 10.1. The van der Waals surface area contributed by atoms with E-state index in [4.69, 9.17) is 16.0 Å². The fraction of sp³-hybridized carbons (Fsp3) is 0.267. The SMILES string of the molecule is CCN(CC)C(=O)c1ccc(Cl)c(-c2ccco2)c1. The van der Waals surface area contributed by atoms with Crippen molar-refractivity contribution in [3.05, 3.63) is 47.2 Å². The van der Waals surface area contributed by atoms with Crippen molar-refractivity contribution in [2.24, 2.45) is 0 Å². The van der Waals surface area contributed by atoms with E-state index in [1.807, 2.05) is 19.9 Å². The van der Waals surface area contributed by atoms with Crippen LogP contribution in [0.2, 0.25) is 5.02 Å². The van der Waals surface area contributed by atoms with E-state index in [-0.39, 0.29) is 5.91 Å². The summed E-state index contributed by atoms with van der Waals surface area (Å²) < 4.78 is 5.34. The van der Waals surface area contributed by atoms with Gasteiger partial charge in [0.25, 0.3) is 5.91 Å². The van der Waals surface area contributed by atoms with Crippen molar-refractivity contribution in [1.29, 1.82) is 0 Å². The summed E-state index contributed by atoms with van der Waals surface area (Å²) in [6, 6.07) is 8.88. The summed E-state index contributed by atoms with van der Waals surface area (Å²) in [5.41, 5.74) is 1.36. The Bertz CT molecular complexity index is 560. The number of carbonyl (C=O) groups is 1. The van der Waals surface area contributed by atoms with E-state index in [1.54, 1.807) is 35.4 Å². The summed E-state index contributed by atoms with van der Waals surface area (Å²) in [6.07, 6.45) is 1.59. The van der Waals surface area contributed by atoms with E-state index in [0.29, 0.717) is 29.4 Å². The molecule has 0 aliphatic heterocycles. The van der Waals surface area contributed by atoms with Crippen LogP contribution in [0, 0.1) is 0 Å². The summed E-state index contributed by atoms with van der Waals surface area (Å²) in [5.74, 6) is 0.675. The molecule has 0 saturated heterocycles. The predicted molar refractivity (Wildman–Crippen MR) is 76.4 cm³/mol. The molecular formula is C15H16ClNO2. The molecule has 0 spiro atoms. The molecule has 1 aromatic heterocycles. The standard InChI is InChI=1S/C15H16ClNO2/c1-3-17(4-2)15(18)11-7-8-13(16)12(10-11)14-6-5-9-19-14/h5-10H,3-4H2,1-2H3. The van der Waals surface area contributed by atoms with Gasteiger partial charge in [-0.3, -0.25) is 4.79 Å². The van der Waals surface area contributed by atoms with Crippen molar-refractivity contribution >= 4 is 17.5 Å². The first-order valence-corrected chi connectivity index (χ1v) is 6.67. The molecule has 0 unspecified atom stereocenters. The zero-order valence-electron chi connectivity index (χ0n) is 11.0. The molecule has 4 heteroatoms. The minimum atomic E-state index is 0.00877. The van der Waals surface area contributed by atoms with Crippen LogP contribution in [-0.2, 0) is 0 Å². The highest BCUT2D eigenvalue weighted by atomic mass is 35.5. The molecule has 0 aliphatic carbocycles. The molecule has 0 atom stereocenters. The van der Waals surface area contributed by atoms with Crippen molar-refractivity contribution in [2.45, 2.75) is 13.8 Å². The number of carbonyl (C=O) groups excluding carboxylic acids is 1. The Balaban J connectivity index is 2.39. The minimum absolute atomic E-state index is 0.00877. The van der Waals surface area contributed by atoms with Crippen molar-refractivity contribution in [2.75, 3.05) is 13.1 Å². The molecule has 100 valence electrons. The van der Waals surface area contributed by atoms with E-state index in [9.17, 15) is 4.79 Å². The van der Waals surface area contributed by atoms with Crippen LogP contribution < -0.4 is 0 Å². The van der Waals surface area contributed by atoms with Crippen LogP contribution in [0.5, 0.6) is 0 Å². The molecular weight excluding hydrogens is 262 g/mol. The van der Waals surface area contributed by atoms with E-state index in [2.05, 4.69) is 0 Å². The van der Waals surface area contributed by atoms with E-state index >= 15 is 0 Å². The molecule has 0 fully saturated rings. The van der Waals surface area contributed by atoms with Gasteiger partial charge in [0.05, 0.1) is 11.3 Å². The average molecular weight is 278 g/mol. The maximum atomic E-state index is 12.3. The van der Waals surface area contributed by atoms with Crippen molar-refractivity contribution in [3.8, 4) is 11.3 Å². The molecule has 3 nitrogen and oxygen atoms in total. The smallest absolute Gasteiger partial charge is 0.253 e. The van der Waals surface area contributed by atoms with Gasteiger partial charge in [-0.05, 0) is 44.2 Å². The van der Waals surface area contributed by atoms with Gasteiger partial charge >= 0.3 is 0 Å². The molecule has 2 aromatic rings. The minimum Gasteiger partial charge on any atom is -0.464 e. The second-order valence-electron chi connectivity index (χ2n) is 4.15. The summed E-state index contributed by atoms with van der Waals surface area (Å²) in [6.45, 7) is 5.30. The number of hydrogen-bond donors (Lipinski definition) is 0. The lowest BCUT2D eigenvalue weighted by molar-refractivity contribution is 0.0773. The van der Waals surface area contributed by atoms with E-state index in [1.165, 1.54) is 0 Å². The lowest BCUT2D eigenvalue weighted by Gasteiger charge is -2.19. The predicted octanol–water partition coefficient (Wildman–Crippen LogP) is 4.08. The number of rotatable bonds is 4. The third-order valence-corrected chi connectivity index (χ3v) is 3.38. The molecule has 0 bridgehead atoms. The monoisotopic (exact) mass is 277 g/mol. The van der Waals surface area contributed by atoms with Crippen molar-refractivity contribution in [3.63, 3.8) is 0 Å². The maximum Gasteiger partial charge on any atom is 0.253 e. The summed E-state index contributed by atoms with van der Waals surface area (Å²) in [7, 11) is 0. The van der Waals surface area contributed by atoms with Gasteiger partial charge < -0.3 is 9.32 Å². The third kappa shape index (κ3) is 2.82. The summed E-state index contributed by atoms with van der Waals surface area (Å²) >= 11 is 6.15. The highest BCUT2D eigenvalue weighted by molar-refractivity contribution is 6.33. The number of hydrogen-bond acceptors (Lipinski definition) is 2. The zero-order chi connectivity index (χ0) is 13.8. The fourth-order valence-electron chi connectivity index (χ4n) is 1.97. The number of furan rings is 1. The Morgan fingerprint density at radius 3 is 2.58 bits per heavy atom. The van der Waals surface area contributed by atoms with Crippen LogP contribution in [-0.4, -0.2) is 23.9 Å². The normalized spacial score (nSPS) is 10.5. The largest absolute Gasteiger partial charge is 0.464 e. The summed E-state index contributed by atoms with van der Waals surface area (Å²) in [4.78, 5) is 14.1. The maximum absolute atomic E-state index is 12.3. The third-order valence-electron chi connectivity index (χ3n) is 3.05. The number of amides is 1. The van der Waals surface area contributed by atoms with Crippen LogP contribution in [0.25, 0.3) is 11.3 Å². The van der Waals surface area contributed by atoms with Crippen molar-refractivity contribution < 1.29 is 9.21 Å². The fourth-order valence-corrected chi connectivity index (χ4v) is 2.18. The van der Waals surface area contributed by atoms with Crippen LogP contribution in [0.15, 0.2) is 41.0 Å². The van der Waals surface area contributed by atoms with Crippen LogP contribution >= 0.6 is 11.6 Å². The highest BCUT2D eigenvalue weighted by Crippen LogP contribution is 2.29.